The molecule has 3 amide bonds. The molecular formula is C19H29N3O3S. The van der Waals surface area contributed by atoms with Crippen molar-refractivity contribution in [3.63, 3.8) is 0 Å². The molecule has 0 aromatic heterocycles. The zero-order chi connectivity index (χ0) is 19.3. The van der Waals surface area contributed by atoms with Crippen LogP contribution < -0.4 is 10.1 Å². The van der Waals surface area contributed by atoms with E-state index in [0.29, 0.717) is 19.6 Å². The second-order valence-corrected chi connectivity index (χ2v) is 8.05. The Hall–Kier alpha value is -1.89. The van der Waals surface area contributed by atoms with E-state index in [1.165, 1.54) is 0 Å². The Balaban J connectivity index is 2.08. The molecule has 26 heavy (non-hydrogen) atoms. The number of ether oxygens (including phenoxy) is 1. The second kappa shape index (κ2) is 9.16. The second-order valence-electron chi connectivity index (χ2n) is 6.62. The molecule has 1 N–H and O–H groups in total. The van der Waals surface area contributed by atoms with Gasteiger partial charge >= 0.3 is 6.03 Å². The summed E-state index contributed by atoms with van der Waals surface area (Å²) in [6, 6.07) is 7.82. The molecule has 2 rings (SSSR count). The Kier molecular flexibility index (Phi) is 7.20. The predicted octanol–water partition coefficient (Wildman–Crippen LogP) is 3.10. The number of rotatable bonds is 7. The molecule has 6 nitrogen and oxygen atoms in total. The van der Waals surface area contributed by atoms with Gasteiger partial charge in [-0.15, -0.1) is 11.8 Å². The van der Waals surface area contributed by atoms with E-state index in [1.807, 2.05) is 56.9 Å². The summed E-state index contributed by atoms with van der Waals surface area (Å²) in [4.78, 5) is 28.5. The van der Waals surface area contributed by atoms with Crippen molar-refractivity contribution in [2.75, 3.05) is 26.7 Å². The number of hydrogen-bond donors (Lipinski definition) is 1. The van der Waals surface area contributed by atoms with E-state index in [0.717, 1.165) is 11.3 Å². The van der Waals surface area contributed by atoms with Crippen LogP contribution in [-0.2, 0) is 4.79 Å². The van der Waals surface area contributed by atoms with Gasteiger partial charge in [0.2, 0.25) is 5.91 Å². The highest BCUT2D eigenvalue weighted by molar-refractivity contribution is 8.01. The molecule has 7 heteroatoms. The van der Waals surface area contributed by atoms with Crippen molar-refractivity contribution in [2.24, 2.45) is 0 Å². The summed E-state index contributed by atoms with van der Waals surface area (Å²) in [5, 5.41) is 2.80. The first kappa shape index (κ1) is 20.4. The molecule has 1 aliphatic rings. The number of nitrogens with one attached hydrogen (secondary N) is 1. The van der Waals surface area contributed by atoms with Gasteiger partial charge < -0.3 is 19.9 Å². The lowest BCUT2D eigenvalue weighted by molar-refractivity contribution is -0.129. The lowest BCUT2D eigenvalue weighted by Gasteiger charge is -2.28. The number of methoxy groups -OCH3 is 1. The van der Waals surface area contributed by atoms with Crippen molar-refractivity contribution in [1.82, 2.24) is 15.1 Å². The van der Waals surface area contributed by atoms with Crippen LogP contribution in [0, 0.1) is 0 Å². The van der Waals surface area contributed by atoms with Gasteiger partial charge in [-0.05, 0) is 45.4 Å². The zero-order valence-electron chi connectivity index (χ0n) is 16.2. The highest BCUT2D eigenvalue weighted by Gasteiger charge is 2.38. The van der Waals surface area contributed by atoms with E-state index in [9.17, 15) is 9.59 Å². The summed E-state index contributed by atoms with van der Waals surface area (Å²) in [5.41, 5.74) is 1.07. The molecular weight excluding hydrogens is 350 g/mol. The van der Waals surface area contributed by atoms with Crippen LogP contribution in [0.2, 0.25) is 0 Å². The number of thioether (sulfide) groups is 1. The van der Waals surface area contributed by atoms with Gasteiger partial charge in [-0.3, -0.25) is 4.79 Å². The molecule has 1 heterocycles. The number of likely N-dealkylation sites (N-methyl/N-ethyl adjacent to an activating group) is 1. The Bertz CT molecular complexity index is 621. The number of carbonyl (C=O) groups is 2. The molecule has 1 aromatic rings. The third kappa shape index (κ3) is 4.84. The van der Waals surface area contributed by atoms with Gasteiger partial charge in [0.05, 0.1) is 12.4 Å². The first-order valence-corrected chi connectivity index (χ1v) is 9.97. The molecule has 0 saturated carbocycles. The van der Waals surface area contributed by atoms with Crippen LogP contribution in [0.5, 0.6) is 5.75 Å². The Labute approximate surface area is 160 Å². The molecule has 2 atom stereocenters. The maximum absolute atomic E-state index is 12.6. The van der Waals surface area contributed by atoms with Crippen LogP contribution in [-0.4, -0.2) is 59.8 Å². The Morgan fingerprint density at radius 2 is 2.00 bits per heavy atom. The summed E-state index contributed by atoms with van der Waals surface area (Å²) in [6.07, 6.45) is 0. The van der Waals surface area contributed by atoms with Crippen LogP contribution >= 0.6 is 11.8 Å². The molecule has 0 radical (unpaired) electrons. The van der Waals surface area contributed by atoms with Gasteiger partial charge in [0.1, 0.15) is 11.1 Å². The molecule has 1 fully saturated rings. The van der Waals surface area contributed by atoms with Crippen LogP contribution in [0.4, 0.5) is 4.79 Å². The zero-order valence-corrected chi connectivity index (χ0v) is 17.0. The Morgan fingerprint density at radius 3 is 2.54 bits per heavy atom. The highest BCUT2D eigenvalue weighted by atomic mass is 32.2. The van der Waals surface area contributed by atoms with Crippen molar-refractivity contribution in [3.05, 3.63) is 29.8 Å². The van der Waals surface area contributed by atoms with Gasteiger partial charge in [0, 0.05) is 25.7 Å². The first-order chi connectivity index (χ1) is 12.4. The van der Waals surface area contributed by atoms with Crippen LogP contribution in [0.25, 0.3) is 0 Å². The maximum atomic E-state index is 12.6. The molecule has 0 aliphatic carbocycles. The fraction of sp³-hybridized carbons (Fsp3) is 0.579. The summed E-state index contributed by atoms with van der Waals surface area (Å²) in [7, 11) is 1.64. The van der Waals surface area contributed by atoms with Crippen molar-refractivity contribution in [2.45, 2.75) is 44.4 Å². The normalized spacial score (nSPS) is 19.8. The van der Waals surface area contributed by atoms with Crippen molar-refractivity contribution >= 4 is 23.7 Å². The maximum Gasteiger partial charge on any atom is 0.317 e. The standard InChI is InChI=1S/C19H29N3O3S/c1-6-21(19(24)20-13(2)3)11-12-22-17(23)14(4)26-18(22)15-7-9-16(25-5)10-8-15/h7-10,13-14,18H,6,11-12H2,1-5H3,(H,20,24)/t14-,18-/m1/s1. The number of urea groups is 1. The fourth-order valence-corrected chi connectivity index (χ4v) is 4.21. The predicted molar refractivity (Wildman–Crippen MR) is 105 cm³/mol. The summed E-state index contributed by atoms with van der Waals surface area (Å²) in [5.74, 6) is 0.918. The van der Waals surface area contributed by atoms with E-state index in [1.54, 1.807) is 23.8 Å². The SMILES string of the molecule is CCN(CCN1C(=O)[C@@H](C)S[C@@H]1c1ccc(OC)cc1)C(=O)NC(C)C. The third-order valence-corrected chi connectivity index (χ3v) is 5.73. The van der Waals surface area contributed by atoms with Gasteiger partial charge in [-0.25, -0.2) is 4.79 Å². The quantitative estimate of drug-likeness (QED) is 0.791. The summed E-state index contributed by atoms with van der Waals surface area (Å²) >= 11 is 1.64. The molecule has 1 aromatic carbocycles. The molecule has 1 saturated heterocycles. The van der Waals surface area contributed by atoms with Crippen molar-refractivity contribution in [1.29, 1.82) is 0 Å². The number of hydrogen-bond acceptors (Lipinski definition) is 4. The average Bonchev–Trinajstić information content (AvgIpc) is 2.90. The minimum atomic E-state index is -0.0872. The average molecular weight is 380 g/mol. The summed E-state index contributed by atoms with van der Waals surface area (Å²) in [6.45, 7) is 9.40. The minimum Gasteiger partial charge on any atom is -0.497 e. The number of nitrogens with zero attached hydrogens (tertiary/aromatic N) is 2. The molecule has 0 spiro atoms. The molecule has 0 unspecified atom stereocenters. The highest BCUT2D eigenvalue weighted by Crippen LogP contribution is 2.42. The minimum absolute atomic E-state index is 0.0322. The van der Waals surface area contributed by atoms with Crippen LogP contribution in [0.1, 0.15) is 38.6 Å². The van der Waals surface area contributed by atoms with Gasteiger partial charge in [0.25, 0.3) is 0 Å². The lowest BCUT2D eigenvalue weighted by Crippen LogP contribution is -2.46. The third-order valence-electron chi connectivity index (χ3n) is 4.34. The number of benzene rings is 1. The Morgan fingerprint density at radius 1 is 1.35 bits per heavy atom. The smallest absolute Gasteiger partial charge is 0.317 e. The number of amides is 3. The van der Waals surface area contributed by atoms with E-state index >= 15 is 0 Å². The van der Waals surface area contributed by atoms with Crippen molar-refractivity contribution < 1.29 is 14.3 Å². The van der Waals surface area contributed by atoms with E-state index in [-0.39, 0.29) is 28.6 Å². The molecule has 144 valence electrons. The van der Waals surface area contributed by atoms with Crippen LogP contribution in [0.3, 0.4) is 0 Å². The first-order valence-electron chi connectivity index (χ1n) is 9.02. The number of carbonyl (C=O) groups excluding carboxylic acids is 2. The monoisotopic (exact) mass is 379 g/mol. The lowest BCUT2D eigenvalue weighted by atomic mass is 10.2. The van der Waals surface area contributed by atoms with Gasteiger partial charge in [0.15, 0.2) is 0 Å². The molecule has 1 aliphatic heterocycles. The van der Waals surface area contributed by atoms with Gasteiger partial charge in [-0.2, -0.15) is 0 Å². The summed E-state index contributed by atoms with van der Waals surface area (Å²) < 4.78 is 5.21. The molecule has 0 bridgehead atoms. The topological polar surface area (TPSA) is 61.9 Å². The van der Waals surface area contributed by atoms with E-state index in [2.05, 4.69) is 5.32 Å². The van der Waals surface area contributed by atoms with E-state index < -0.39 is 0 Å². The van der Waals surface area contributed by atoms with Crippen LogP contribution in [0.15, 0.2) is 24.3 Å². The largest absolute Gasteiger partial charge is 0.497 e. The van der Waals surface area contributed by atoms with Crippen molar-refractivity contribution in [3.8, 4) is 5.75 Å². The fourth-order valence-electron chi connectivity index (χ4n) is 2.90. The van der Waals surface area contributed by atoms with E-state index in [4.69, 9.17) is 4.74 Å². The van der Waals surface area contributed by atoms with Gasteiger partial charge in [-0.1, -0.05) is 12.1 Å².